The fraction of sp³-hybridized carbons (Fsp3) is 1.00. The van der Waals surface area contributed by atoms with E-state index in [-0.39, 0.29) is 0 Å². The first-order valence-corrected chi connectivity index (χ1v) is 8.10. The summed E-state index contributed by atoms with van der Waals surface area (Å²) in [5.74, 6) is -15.4. The second-order valence-electron chi connectivity index (χ2n) is 4.27. The van der Waals surface area contributed by atoms with Crippen molar-refractivity contribution >= 4 is 20.0 Å². The Labute approximate surface area is 138 Å². The van der Waals surface area contributed by atoms with E-state index in [1.54, 1.807) is 0 Å². The van der Waals surface area contributed by atoms with Crippen molar-refractivity contribution in [2.45, 2.75) is 34.7 Å². The van der Waals surface area contributed by atoms with Gasteiger partial charge in [-0.05, 0) is 0 Å². The van der Waals surface area contributed by atoms with Gasteiger partial charge in [0.1, 0.15) is 0 Å². The van der Waals surface area contributed by atoms with Crippen LogP contribution in [0.4, 0.5) is 61.5 Å². The van der Waals surface area contributed by atoms with Crippen LogP contribution in [0.5, 0.6) is 0 Å². The Hall–Kier alpha value is -1.12. The molecule has 1 N–H and O–H groups in total. The summed E-state index contributed by atoms with van der Waals surface area (Å²) in [6.45, 7) is 0. The normalized spacial score (nSPS) is 16.5. The summed E-state index contributed by atoms with van der Waals surface area (Å²) in [6.07, 6.45) is -14.9. The van der Waals surface area contributed by atoms with E-state index in [4.69, 9.17) is 0 Å². The minimum atomic E-state index is -8.17. The summed E-state index contributed by atoms with van der Waals surface area (Å²) in [6, 6.07) is 0. The van der Waals surface area contributed by atoms with Gasteiger partial charge in [0.2, 0.25) is 0 Å². The lowest BCUT2D eigenvalue weighted by atomic mass is 10.3. The monoisotopic (exact) mass is 481 g/mol. The van der Waals surface area contributed by atoms with Crippen molar-refractivity contribution in [2.75, 3.05) is 0 Å². The van der Waals surface area contributed by atoms with Crippen LogP contribution in [0.25, 0.3) is 0 Å². The number of nitrogens with one attached hydrogen (secondary N) is 1. The molecule has 27 heavy (non-hydrogen) atoms. The Kier molecular flexibility index (Phi) is 5.93. The van der Waals surface area contributed by atoms with Crippen molar-refractivity contribution in [2.24, 2.45) is 0 Å². The molecule has 0 amide bonds. The van der Waals surface area contributed by atoms with Gasteiger partial charge in [0.15, 0.2) is 0 Å². The first kappa shape index (κ1) is 25.9. The predicted molar refractivity (Wildman–Crippen MR) is 52.9 cm³/mol. The molecule has 0 fully saturated rings. The maximum absolute atomic E-state index is 12.9. The van der Waals surface area contributed by atoms with Gasteiger partial charge in [0.05, 0.1) is 0 Å². The molecule has 0 aromatic heterocycles. The summed E-state index contributed by atoms with van der Waals surface area (Å²) in [4.78, 5) is 0. The Morgan fingerprint density at radius 1 is 0.444 bits per heavy atom. The highest BCUT2D eigenvalue weighted by molar-refractivity contribution is 8.05. The summed E-state index contributed by atoms with van der Waals surface area (Å²) in [5, 5.41) is -15.3. The lowest BCUT2D eigenvalue weighted by Gasteiger charge is -2.30. The van der Waals surface area contributed by atoms with E-state index in [9.17, 15) is 78.3 Å². The highest BCUT2D eigenvalue weighted by atomic mass is 32.3. The van der Waals surface area contributed by atoms with Crippen LogP contribution in [-0.2, 0) is 20.0 Å². The van der Waals surface area contributed by atoms with Gasteiger partial charge >= 0.3 is 34.7 Å². The molecular weight excluding hydrogens is 480 g/mol. The molecule has 0 rings (SSSR count). The third-order valence-corrected chi connectivity index (χ3v) is 5.96. The third kappa shape index (κ3) is 3.76. The molecule has 21 heteroatoms. The molecule has 0 aliphatic carbocycles. The van der Waals surface area contributed by atoms with Gasteiger partial charge in [-0.15, -0.1) is 0 Å². The van der Waals surface area contributed by atoms with E-state index in [1.807, 2.05) is 0 Å². The zero-order chi connectivity index (χ0) is 22.7. The fourth-order valence-electron chi connectivity index (χ4n) is 0.917. The average molecular weight is 481 g/mol. The van der Waals surface area contributed by atoms with Crippen LogP contribution in [0.15, 0.2) is 0 Å². The van der Waals surface area contributed by atoms with E-state index in [1.165, 1.54) is 0 Å². The summed E-state index contributed by atoms with van der Waals surface area (Å²) < 4.78 is 214. The molecule has 0 atom stereocenters. The highest BCUT2D eigenvalue weighted by Crippen LogP contribution is 2.51. The SMILES string of the molecule is O=S(=O)(NS(=O)(=O)C(F)(F)C(F)(F)C(F)(F)F)C(F)(F)C(F)(F)C(F)(F)F. The highest BCUT2D eigenvalue weighted by Gasteiger charge is 2.82. The van der Waals surface area contributed by atoms with Crippen LogP contribution in [0, 0.1) is 0 Å². The molecule has 0 bridgehead atoms. The quantitative estimate of drug-likeness (QED) is 0.592. The molecule has 0 unspecified atom stereocenters. The number of alkyl halides is 14. The predicted octanol–water partition coefficient (Wildman–Crippen LogP) is 2.82. The number of hydrogen-bond donors (Lipinski definition) is 1. The smallest absolute Gasteiger partial charge is 0.205 e. The van der Waals surface area contributed by atoms with Crippen LogP contribution in [0.3, 0.4) is 0 Å². The second kappa shape index (κ2) is 6.19. The van der Waals surface area contributed by atoms with Crippen LogP contribution in [-0.4, -0.2) is 51.5 Å². The fourth-order valence-corrected chi connectivity index (χ4v) is 3.82. The molecule has 0 aromatic carbocycles. The summed E-state index contributed by atoms with van der Waals surface area (Å²) in [7, 11) is -16.3. The topological polar surface area (TPSA) is 80.3 Å². The van der Waals surface area contributed by atoms with Gasteiger partial charge in [-0.3, -0.25) is 0 Å². The molecular formula is C6HF14NO4S2. The zero-order valence-electron chi connectivity index (χ0n) is 11.2. The Morgan fingerprint density at radius 2 is 0.630 bits per heavy atom. The van der Waals surface area contributed by atoms with Gasteiger partial charge in [0.25, 0.3) is 20.0 Å². The lowest BCUT2D eigenvalue weighted by molar-refractivity contribution is -0.332. The molecule has 5 nitrogen and oxygen atoms in total. The Balaban J connectivity index is 6.37. The number of halogens is 14. The minimum absolute atomic E-state index is 1.35. The van der Waals surface area contributed by atoms with Gasteiger partial charge in [-0.25, -0.2) is 16.8 Å². The van der Waals surface area contributed by atoms with Crippen molar-refractivity contribution in [3.63, 3.8) is 0 Å². The first-order chi connectivity index (χ1) is 11.2. The molecule has 0 saturated heterocycles. The van der Waals surface area contributed by atoms with Crippen molar-refractivity contribution in [1.29, 1.82) is 0 Å². The van der Waals surface area contributed by atoms with Gasteiger partial charge in [-0.2, -0.15) is 61.5 Å². The van der Waals surface area contributed by atoms with E-state index in [2.05, 4.69) is 0 Å². The molecule has 0 saturated carbocycles. The second-order valence-corrected chi connectivity index (χ2v) is 7.97. The largest absolute Gasteiger partial charge is 0.461 e. The average Bonchev–Trinajstić information content (AvgIpc) is 2.33. The Morgan fingerprint density at radius 3 is 0.778 bits per heavy atom. The van der Waals surface area contributed by atoms with Crippen LogP contribution in [0.1, 0.15) is 0 Å². The van der Waals surface area contributed by atoms with E-state index in [0.29, 0.717) is 0 Å². The van der Waals surface area contributed by atoms with Crippen molar-refractivity contribution in [1.82, 2.24) is 4.13 Å². The standard InChI is InChI=1S/C6HF14NO4S2/c7-1(8,3(11,12)13)5(17,18)26(22,23)21-27(24,25)6(19,20)2(9,10)4(14,15)16/h21H. The number of sulfonamides is 2. The van der Waals surface area contributed by atoms with E-state index in [0.717, 1.165) is 0 Å². The van der Waals surface area contributed by atoms with Crippen molar-refractivity contribution < 1.29 is 78.3 Å². The zero-order valence-corrected chi connectivity index (χ0v) is 12.9. The Bertz CT molecular complexity index is 709. The van der Waals surface area contributed by atoms with Crippen LogP contribution >= 0.6 is 0 Å². The lowest BCUT2D eigenvalue weighted by Crippen LogP contribution is -2.64. The van der Waals surface area contributed by atoms with E-state index >= 15 is 0 Å². The van der Waals surface area contributed by atoms with E-state index < -0.39 is 58.9 Å². The molecule has 0 aliphatic heterocycles. The minimum Gasteiger partial charge on any atom is -0.205 e. The third-order valence-electron chi connectivity index (χ3n) is 2.34. The van der Waals surface area contributed by atoms with Crippen LogP contribution < -0.4 is 4.13 Å². The summed E-state index contributed by atoms with van der Waals surface area (Å²) in [5.41, 5.74) is 0. The van der Waals surface area contributed by atoms with Gasteiger partial charge in [0, 0.05) is 0 Å². The molecule has 0 spiro atoms. The van der Waals surface area contributed by atoms with Gasteiger partial charge < -0.3 is 0 Å². The molecule has 0 radical (unpaired) electrons. The molecule has 0 aromatic rings. The summed E-state index contributed by atoms with van der Waals surface area (Å²) >= 11 is 0. The van der Waals surface area contributed by atoms with Gasteiger partial charge in [-0.1, -0.05) is 4.13 Å². The maximum Gasteiger partial charge on any atom is 0.461 e. The van der Waals surface area contributed by atoms with Crippen LogP contribution in [0.2, 0.25) is 0 Å². The van der Waals surface area contributed by atoms with Crippen molar-refractivity contribution in [3.8, 4) is 0 Å². The number of hydrogen-bond acceptors (Lipinski definition) is 4. The molecule has 0 heterocycles. The molecule has 164 valence electrons. The van der Waals surface area contributed by atoms with Crippen molar-refractivity contribution in [3.05, 3.63) is 0 Å². The maximum atomic E-state index is 12.9. The first-order valence-electron chi connectivity index (χ1n) is 5.13. The molecule has 0 aliphatic rings. The number of rotatable bonds is 6.